The van der Waals surface area contributed by atoms with Crippen molar-refractivity contribution in [2.24, 2.45) is 0 Å². The largest absolute Gasteiger partial charge is 0.476 e. The van der Waals surface area contributed by atoms with Crippen LogP contribution in [0.25, 0.3) is 11.3 Å². The molecule has 20 heavy (non-hydrogen) atoms. The molecule has 0 aliphatic carbocycles. The monoisotopic (exact) mass is 298 g/mol. The molecule has 0 radical (unpaired) electrons. The Kier molecular flexibility index (Phi) is 3.59. The van der Waals surface area contributed by atoms with E-state index in [9.17, 15) is 13.6 Å². The molecule has 1 aromatic carbocycles. The number of aromatic nitrogens is 1. The maximum absolute atomic E-state index is 13.5. The molecular formula is C13H9ClF2N2O2. The van der Waals surface area contributed by atoms with Gasteiger partial charge in [0.15, 0.2) is 17.3 Å². The maximum Gasteiger partial charge on any atom is 0.356 e. The Labute approximate surface area is 117 Å². The first-order chi connectivity index (χ1) is 9.32. The Bertz CT molecular complexity index is 720. The van der Waals surface area contributed by atoms with Crippen molar-refractivity contribution in [3.8, 4) is 11.3 Å². The third-order valence-electron chi connectivity index (χ3n) is 2.80. The second kappa shape index (κ2) is 5.05. The summed E-state index contributed by atoms with van der Waals surface area (Å²) in [6.07, 6.45) is 0. The zero-order valence-corrected chi connectivity index (χ0v) is 11.0. The molecule has 104 valence electrons. The molecule has 4 nitrogen and oxygen atoms in total. The Morgan fingerprint density at radius 3 is 2.65 bits per heavy atom. The first-order valence-electron chi connectivity index (χ1n) is 5.47. The van der Waals surface area contributed by atoms with Crippen molar-refractivity contribution in [3.63, 3.8) is 0 Å². The van der Waals surface area contributed by atoms with Gasteiger partial charge in [0.05, 0.1) is 16.4 Å². The molecule has 0 fully saturated rings. The fraction of sp³-hybridized carbons (Fsp3) is 0.0769. The first kappa shape index (κ1) is 14.2. The Balaban J connectivity index is 2.71. The molecule has 1 heterocycles. The molecule has 0 saturated heterocycles. The van der Waals surface area contributed by atoms with Gasteiger partial charge >= 0.3 is 5.97 Å². The van der Waals surface area contributed by atoms with Crippen LogP contribution in [0.2, 0.25) is 5.02 Å². The lowest BCUT2D eigenvalue weighted by molar-refractivity contribution is 0.0691. The number of nitrogens with zero attached hydrogens (tertiary/aromatic N) is 1. The molecule has 0 amide bonds. The minimum absolute atomic E-state index is 0.00167. The molecule has 0 bridgehead atoms. The summed E-state index contributed by atoms with van der Waals surface area (Å²) in [5, 5.41) is 8.80. The van der Waals surface area contributed by atoms with E-state index in [0.29, 0.717) is 0 Å². The van der Waals surface area contributed by atoms with Crippen molar-refractivity contribution in [2.45, 2.75) is 6.92 Å². The zero-order chi connectivity index (χ0) is 15.0. The molecule has 2 rings (SSSR count). The number of rotatable bonds is 2. The number of nitrogen functional groups attached to an aromatic ring is 1. The van der Waals surface area contributed by atoms with Crippen molar-refractivity contribution < 1.29 is 18.7 Å². The van der Waals surface area contributed by atoms with Gasteiger partial charge in [0.2, 0.25) is 0 Å². The minimum atomic E-state index is -1.36. The number of hydrogen-bond acceptors (Lipinski definition) is 3. The lowest BCUT2D eigenvalue weighted by Gasteiger charge is -2.10. The van der Waals surface area contributed by atoms with Crippen LogP contribution in [-0.4, -0.2) is 16.1 Å². The van der Waals surface area contributed by atoms with Gasteiger partial charge in [-0.15, -0.1) is 0 Å². The Morgan fingerprint density at radius 1 is 1.40 bits per heavy atom. The van der Waals surface area contributed by atoms with Crippen molar-refractivity contribution in [3.05, 3.63) is 46.1 Å². The van der Waals surface area contributed by atoms with E-state index < -0.39 is 23.3 Å². The molecular weight excluding hydrogens is 290 g/mol. The van der Waals surface area contributed by atoms with Crippen LogP contribution in [0.3, 0.4) is 0 Å². The van der Waals surface area contributed by atoms with Gasteiger partial charge in [0.1, 0.15) is 0 Å². The summed E-state index contributed by atoms with van der Waals surface area (Å²) >= 11 is 5.74. The Morgan fingerprint density at radius 2 is 2.05 bits per heavy atom. The second-order valence-electron chi connectivity index (χ2n) is 4.10. The number of carbonyl (C=O) groups is 1. The van der Waals surface area contributed by atoms with Crippen molar-refractivity contribution in [1.82, 2.24) is 4.98 Å². The topological polar surface area (TPSA) is 76.2 Å². The average Bonchev–Trinajstić information content (AvgIpc) is 2.39. The van der Waals surface area contributed by atoms with Crippen molar-refractivity contribution >= 4 is 23.3 Å². The van der Waals surface area contributed by atoms with Crippen LogP contribution < -0.4 is 5.73 Å². The standard InChI is InChI=1S/C13H9ClF2N2O2/c1-5-6(2-3-7(15)11(5)16)9-4-8(17)10(14)12(18-9)13(19)20/h2-4H,1H3,(H2,17,18)(H,19,20). The first-order valence-corrected chi connectivity index (χ1v) is 5.85. The fourth-order valence-electron chi connectivity index (χ4n) is 1.76. The van der Waals surface area contributed by atoms with Gasteiger partial charge in [0.25, 0.3) is 0 Å². The highest BCUT2D eigenvalue weighted by Crippen LogP contribution is 2.31. The summed E-state index contributed by atoms with van der Waals surface area (Å²) in [4.78, 5) is 14.9. The number of hydrogen-bond donors (Lipinski definition) is 2. The van der Waals surface area contributed by atoms with Gasteiger partial charge in [-0.3, -0.25) is 0 Å². The van der Waals surface area contributed by atoms with E-state index in [0.717, 1.165) is 6.07 Å². The minimum Gasteiger partial charge on any atom is -0.476 e. The quantitative estimate of drug-likeness (QED) is 0.892. The van der Waals surface area contributed by atoms with E-state index in [-0.39, 0.29) is 27.5 Å². The highest BCUT2D eigenvalue weighted by Gasteiger charge is 2.18. The molecule has 1 aromatic heterocycles. The number of pyridine rings is 1. The van der Waals surface area contributed by atoms with Gasteiger partial charge in [-0.1, -0.05) is 11.6 Å². The van der Waals surface area contributed by atoms with E-state index >= 15 is 0 Å². The molecule has 0 aliphatic heterocycles. The molecule has 0 spiro atoms. The van der Waals surface area contributed by atoms with Crippen LogP contribution in [0.1, 0.15) is 16.1 Å². The summed E-state index contributed by atoms with van der Waals surface area (Å²) in [5.74, 6) is -3.37. The average molecular weight is 299 g/mol. The lowest BCUT2D eigenvalue weighted by atomic mass is 10.0. The highest BCUT2D eigenvalue weighted by atomic mass is 35.5. The number of carboxylic acids is 1. The van der Waals surface area contributed by atoms with E-state index in [4.69, 9.17) is 22.4 Å². The normalized spacial score (nSPS) is 10.6. The van der Waals surface area contributed by atoms with Crippen molar-refractivity contribution in [2.75, 3.05) is 5.73 Å². The number of carboxylic acid groups (broad SMARTS) is 1. The van der Waals surface area contributed by atoms with Crippen LogP contribution in [0.5, 0.6) is 0 Å². The van der Waals surface area contributed by atoms with Gasteiger partial charge in [-0.25, -0.2) is 18.6 Å². The number of nitrogens with two attached hydrogens (primary N) is 1. The predicted octanol–water partition coefficient (Wildman–Crippen LogP) is 3.27. The number of benzene rings is 1. The third kappa shape index (κ3) is 2.30. The molecule has 0 aliphatic rings. The molecule has 0 saturated carbocycles. The van der Waals surface area contributed by atoms with Gasteiger partial charge in [-0.05, 0) is 30.7 Å². The Hall–Kier alpha value is -2.21. The summed E-state index contributed by atoms with van der Waals surface area (Å²) in [6.45, 7) is 1.36. The van der Waals surface area contributed by atoms with Gasteiger partial charge < -0.3 is 10.8 Å². The maximum atomic E-state index is 13.5. The van der Waals surface area contributed by atoms with E-state index in [1.165, 1.54) is 19.1 Å². The summed E-state index contributed by atoms with van der Waals surface area (Å²) in [5.41, 5.74) is 5.54. The predicted molar refractivity (Wildman–Crippen MR) is 70.7 cm³/mol. The van der Waals surface area contributed by atoms with Crippen LogP contribution in [-0.2, 0) is 0 Å². The number of halogens is 3. The summed E-state index contributed by atoms with van der Waals surface area (Å²) in [7, 11) is 0. The molecule has 7 heteroatoms. The SMILES string of the molecule is Cc1c(-c2cc(N)c(Cl)c(C(=O)O)n2)ccc(F)c1F. The van der Waals surface area contributed by atoms with Crippen LogP contribution in [0.4, 0.5) is 14.5 Å². The lowest BCUT2D eigenvalue weighted by Crippen LogP contribution is -2.06. The van der Waals surface area contributed by atoms with Gasteiger partial charge in [-0.2, -0.15) is 0 Å². The number of anilines is 1. The molecule has 0 unspecified atom stereocenters. The smallest absolute Gasteiger partial charge is 0.356 e. The zero-order valence-electron chi connectivity index (χ0n) is 10.2. The number of aromatic carboxylic acids is 1. The summed E-state index contributed by atoms with van der Waals surface area (Å²) in [6, 6.07) is 3.55. The van der Waals surface area contributed by atoms with E-state index in [2.05, 4.69) is 4.98 Å². The van der Waals surface area contributed by atoms with Crippen LogP contribution >= 0.6 is 11.6 Å². The second-order valence-corrected chi connectivity index (χ2v) is 4.48. The van der Waals surface area contributed by atoms with Crippen LogP contribution in [0, 0.1) is 18.6 Å². The third-order valence-corrected chi connectivity index (χ3v) is 3.20. The van der Waals surface area contributed by atoms with E-state index in [1.807, 2.05) is 0 Å². The van der Waals surface area contributed by atoms with E-state index in [1.54, 1.807) is 0 Å². The molecule has 3 N–H and O–H groups in total. The molecule has 2 aromatic rings. The molecule has 0 atom stereocenters. The summed E-state index contributed by atoms with van der Waals surface area (Å²) < 4.78 is 26.6. The van der Waals surface area contributed by atoms with Gasteiger partial charge in [0, 0.05) is 5.56 Å². The van der Waals surface area contributed by atoms with Crippen LogP contribution in [0.15, 0.2) is 18.2 Å². The van der Waals surface area contributed by atoms with Crippen molar-refractivity contribution in [1.29, 1.82) is 0 Å². The fourth-order valence-corrected chi connectivity index (χ4v) is 1.94. The highest BCUT2D eigenvalue weighted by molar-refractivity contribution is 6.35.